The summed E-state index contributed by atoms with van der Waals surface area (Å²) in [5, 5.41) is 20.9. The van der Waals surface area contributed by atoms with Crippen molar-refractivity contribution in [3.63, 3.8) is 0 Å². The number of carboxylic acids is 2. The minimum Gasteiger partial charge on any atom is -0.545 e. The van der Waals surface area contributed by atoms with E-state index in [1.807, 2.05) is 0 Å². The summed E-state index contributed by atoms with van der Waals surface area (Å²) in [6, 6.07) is 1.83. The molecule has 0 saturated carbocycles. The van der Waals surface area contributed by atoms with Gasteiger partial charge in [-0.1, -0.05) is 26.7 Å². The van der Waals surface area contributed by atoms with Gasteiger partial charge >= 0.3 is 48.9 Å². The van der Waals surface area contributed by atoms with Crippen molar-refractivity contribution in [2.45, 2.75) is 31.6 Å². The standard InChI is InChI=1S/C8H6O7S.C4H10.Ba/c9-7(10)4-1-5(8(11)12)3-6(2-4)16(13,14)15;1-3-4-2;/h1-3H,(H,9,10)(H,11,12)(H,13,14,15);3-4H2,1-2H3;/q;;+2/p-2. The second kappa shape index (κ2) is 10.4. The second-order valence-corrected chi connectivity index (χ2v) is 5.22. The minimum atomic E-state index is -4.70. The van der Waals surface area contributed by atoms with Crippen LogP contribution in [0.1, 0.15) is 47.4 Å². The van der Waals surface area contributed by atoms with Crippen LogP contribution in [0.3, 0.4) is 0 Å². The molecule has 0 bridgehead atoms. The Bertz CT molecular complexity index is 561. The number of carbonyl (C=O) groups is 2. The molecule has 112 valence electrons. The Morgan fingerprint density at radius 1 is 1.00 bits per heavy atom. The van der Waals surface area contributed by atoms with Crippen molar-refractivity contribution in [2.24, 2.45) is 0 Å². The average molecular weight is 440 g/mol. The first kappa shape index (κ1) is 22.9. The number of aromatic carboxylic acids is 2. The normalized spacial score (nSPS) is 9.86. The summed E-state index contributed by atoms with van der Waals surface area (Å²) in [6.07, 6.45) is 2.64. The van der Waals surface area contributed by atoms with Crippen molar-refractivity contribution in [1.82, 2.24) is 0 Å². The number of carboxylic acid groups (broad SMARTS) is 2. The first-order valence-electron chi connectivity index (χ1n) is 5.68. The predicted molar refractivity (Wildman–Crippen MR) is 71.3 cm³/mol. The number of rotatable bonds is 4. The molecule has 7 nitrogen and oxygen atoms in total. The van der Waals surface area contributed by atoms with Crippen molar-refractivity contribution < 1.29 is 32.8 Å². The fourth-order valence-corrected chi connectivity index (χ4v) is 1.54. The Balaban J connectivity index is 0. The van der Waals surface area contributed by atoms with Gasteiger partial charge in [-0.15, -0.1) is 0 Å². The quantitative estimate of drug-likeness (QED) is 0.474. The van der Waals surface area contributed by atoms with Crippen molar-refractivity contribution in [2.75, 3.05) is 0 Å². The zero-order valence-corrected chi connectivity index (χ0v) is 16.9. The first-order valence-corrected chi connectivity index (χ1v) is 7.12. The zero-order valence-electron chi connectivity index (χ0n) is 11.7. The molecule has 9 heteroatoms. The van der Waals surface area contributed by atoms with Gasteiger partial charge in [-0.3, -0.25) is 4.55 Å². The van der Waals surface area contributed by atoms with Crippen LogP contribution in [0.5, 0.6) is 0 Å². The topological polar surface area (TPSA) is 135 Å². The van der Waals surface area contributed by atoms with Gasteiger partial charge < -0.3 is 19.8 Å². The molecular formula is C12H14BaO7S. The number of unbranched alkanes of at least 4 members (excludes halogenated alkanes) is 1. The molecule has 1 aromatic rings. The molecule has 1 N–H and O–H groups in total. The summed E-state index contributed by atoms with van der Waals surface area (Å²) in [6.45, 7) is 4.36. The van der Waals surface area contributed by atoms with Crippen molar-refractivity contribution in [1.29, 1.82) is 0 Å². The number of hydrogen-bond donors (Lipinski definition) is 1. The summed E-state index contributed by atoms with van der Waals surface area (Å²) in [4.78, 5) is 20.1. The van der Waals surface area contributed by atoms with Crippen LogP contribution in [0.25, 0.3) is 0 Å². The Hall–Kier alpha value is -0.359. The summed E-state index contributed by atoms with van der Waals surface area (Å²) >= 11 is 0. The Kier molecular flexibility index (Phi) is 11.3. The molecule has 0 amide bonds. The van der Waals surface area contributed by atoms with Gasteiger partial charge in [0, 0.05) is 0 Å². The van der Waals surface area contributed by atoms with Gasteiger partial charge in [0.15, 0.2) is 0 Å². The van der Waals surface area contributed by atoms with Gasteiger partial charge in [0.1, 0.15) is 0 Å². The van der Waals surface area contributed by atoms with Crippen LogP contribution in [0.4, 0.5) is 0 Å². The minimum absolute atomic E-state index is 0. The van der Waals surface area contributed by atoms with E-state index < -0.39 is 38.1 Å². The summed E-state index contributed by atoms with van der Waals surface area (Å²) in [5.41, 5.74) is -1.37. The molecule has 0 aliphatic heterocycles. The Labute approximate surface area is 163 Å². The van der Waals surface area contributed by atoms with E-state index in [0.717, 1.165) is 0 Å². The molecule has 0 aliphatic carbocycles. The molecule has 0 aromatic heterocycles. The number of hydrogen-bond acceptors (Lipinski definition) is 6. The molecule has 0 spiro atoms. The third-order valence-electron chi connectivity index (χ3n) is 2.18. The van der Waals surface area contributed by atoms with E-state index >= 15 is 0 Å². The second-order valence-electron chi connectivity index (χ2n) is 3.80. The molecule has 0 atom stereocenters. The fourth-order valence-electron chi connectivity index (χ4n) is 0.984. The molecule has 0 heterocycles. The van der Waals surface area contributed by atoms with E-state index in [2.05, 4.69) is 13.8 Å². The van der Waals surface area contributed by atoms with E-state index in [0.29, 0.717) is 18.2 Å². The average Bonchev–Trinajstić information content (AvgIpc) is 2.37. The third kappa shape index (κ3) is 8.61. The molecule has 0 unspecified atom stereocenters. The molecule has 21 heavy (non-hydrogen) atoms. The Morgan fingerprint density at radius 2 is 1.33 bits per heavy atom. The van der Waals surface area contributed by atoms with E-state index in [1.54, 1.807) is 0 Å². The molecule has 1 aromatic carbocycles. The van der Waals surface area contributed by atoms with Crippen LogP contribution < -0.4 is 10.2 Å². The molecular weight excluding hydrogens is 426 g/mol. The van der Waals surface area contributed by atoms with Crippen molar-refractivity contribution >= 4 is 70.9 Å². The maximum Gasteiger partial charge on any atom is 2.00 e. The Morgan fingerprint density at radius 3 is 1.52 bits per heavy atom. The van der Waals surface area contributed by atoms with Crippen molar-refractivity contribution in [3.8, 4) is 0 Å². The SMILES string of the molecule is CCCC.O=C([O-])c1cc(C(=O)[O-])cc(S(=O)(=O)O)c1.[Ba+2]. The van der Waals surface area contributed by atoms with Crippen LogP contribution in [0.2, 0.25) is 0 Å². The largest absolute Gasteiger partial charge is 2.00 e. The smallest absolute Gasteiger partial charge is 0.545 e. The zero-order chi connectivity index (χ0) is 15.9. The van der Waals surface area contributed by atoms with E-state index in [1.165, 1.54) is 12.8 Å². The van der Waals surface area contributed by atoms with Crippen LogP contribution in [0.15, 0.2) is 23.1 Å². The molecule has 0 fully saturated rings. The predicted octanol–water partition coefficient (Wildman–Crippen LogP) is -0.914. The van der Waals surface area contributed by atoms with Gasteiger partial charge in [-0.05, 0) is 29.3 Å². The van der Waals surface area contributed by atoms with Gasteiger partial charge in [0.2, 0.25) is 0 Å². The summed E-state index contributed by atoms with van der Waals surface area (Å²) in [7, 11) is -4.70. The van der Waals surface area contributed by atoms with E-state index in [9.17, 15) is 28.2 Å². The molecule has 0 saturated heterocycles. The maximum absolute atomic E-state index is 10.7. The first-order chi connectivity index (χ1) is 9.13. The summed E-state index contributed by atoms with van der Waals surface area (Å²) in [5.74, 6) is -3.54. The molecule has 0 aliphatic rings. The van der Waals surface area contributed by atoms with Gasteiger partial charge in [0.25, 0.3) is 10.1 Å². The van der Waals surface area contributed by atoms with Crippen LogP contribution >= 0.6 is 0 Å². The fraction of sp³-hybridized carbons (Fsp3) is 0.333. The van der Waals surface area contributed by atoms with Gasteiger partial charge in [-0.2, -0.15) is 8.42 Å². The van der Waals surface area contributed by atoms with Gasteiger partial charge in [0.05, 0.1) is 16.8 Å². The van der Waals surface area contributed by atoms with Crippen LogP contribution in [-0.2, 0) is 10.1 Å². The van der Waals surface area contributed by atoms with Crippen molar-refractivity contribution in [3.05, 3.63) is 29.3 Å². The van der Waals surface area contributed by atoms with Crippen LogP contribution in [0, 0.1) is 0 Å². The monoisotopic (exact) mass is 440 g/mol. The van der Waals surface area contributed by atoms with Gasteiger partial charge in [-0.25, -0.2) is 0 Å². The number of benzene rings is 1. The third-order valence-corrected chi connectivity index (χ3v) is 3.01. The summed E-state index contributed by atoms with van der Waals surface area (Å²) < 4.78 is 30.1. The van der Waals surface area contributed by atoms with E-state index in [-0.39, 0.29) is 48.9 Å². The molecule has 0 radical (unpaired) electrons. The van der Waals surface area contributed by atoms with Crippen LogP contribution in [-0.4, -0.2) is 73.8 Å². The molecule has 1 rings (SSSR count). The maximum atomic E-state index is 10.7. The number of carbonyl (C=O) groups excluding carboxylic acids is 2. The van der Waals surface area contributed by atoms with E-state index in [4.69, 9.17) is 4.55 Å².